The second-order valence-electron chi connectivity index (χ2n) is 12.0. The highest BCUT2D eigenvalue weighted by molar-refractivity contribution is 5.88. The number of hydrogen-bond acceptors (Lipinski definition) is 1. The molecule has 1 heteroatoms. The molecule has 0 aliphatic heterocycles. The van der Waals surface area contributed by atoms with Gasteiger partial charge in [0.15, 0.2) is 0 Å². The quantitative estimate of drug-likeness (QED) is 0.159. The van der Waals surface area contributed by atoms with Crippen molar-refractivity contribution in [2.24, 2.45) is 0 Å². The maximum atomic E-state index is 3.92. The van der Waals surface area contributed by atoms with E-state index in [-0.39, 0.29) is 5.41 Å². The van der Waals surface area contributed by atoms with Gasteiger partial charge < -0.3 is 5.32 Å². The molecule has 224 valence electrons. The largest absolute Gasteiger partial charge is 0.362 e. The molecule has 0 atom stereocenters. The van der Waals surface area contributed by atoms with Crippen LogP contribution in [0.2, 0.25) is 0 Å². The lowest BCUT2D eigenvalue weighted by Gasteiger charge is -2.22. The van der Waals surface area contributed by atoms with Crippen molar-refractivity contribution in [1.29, 1.82) is 0 Å². The normalized spacial score (nSPS) is 13.7. The molecule has 0 saturated carbocycles. The predicted octanol–water partition coefficient (Wildman–Crippen LogP) is 12.3. The first-order chi connectivity index (χ1) is 22.5. The highest BCUT2D eigenvalue weighted by atomic mass is 14.8. The van der Waals surface area contributed by atoms with Gasteiger partial charge in [0, 0.05) is 17.3 Å². The fourth-order valence-corrected chi connectivity index (χ4v) is 6.30. The Morgan fingerprint density at radius 1 is 0.565 bits per heavy atom. The summed E-state index contributed by atoms with van der Waals surface area (Å²) in [6, 6.07) is 41.9. The topological polar surface area (TPSA) is 12.0 Å². The lowest BCUT2D eigenvalue weighted by Crippen LogP contribution is -2.14. The molecule has 0 radical (unpaired) electrons. The standard InChI is InChI=1S/C45H39N/c1-5-7-8-10-17-33(6-2)18-16-29-46-38-26-28-39(42(32-38)34-19-11-9-12-20-34)37-22-15-21-35(30-37)36-25-27-41-40-23-13-14-24-43(40)45(3,4)44(41)31-36/h5-32,46H,1-2H2,3-4H3/b8-7-,17-10+,29-16+,33-18+. The SMILES string of the molecule is C=C\C=C/C=C/C(C=C)=C/C=C/Nc1ccc(-c2cccc(-c3ccc4c(c3)C(C)(C)c3ccccc3-4)c2)c(-c2ccccc2)c1. The van der Waals surface area contributed by atoms with Crippen LogP contribution >= 0.6 is 0 Å². The third kappa shape index (κ3) is 6.27. The third-order valence-electron chi connectivity index (χ3n) is 8.71. The molecule has 1 aliphatic rings. The summed E-state index contributed by atoms with van der Waals surface area (Å²) in [6.45, 7) is 12.3. The van der Waals surface area contributed by atoms with Crippen molar-refractivity contribution in [2.45, 2.75) is 19.3 Å². The highest BCUT2D eigenvalue weighted by Crippen LogP contribution is 2.49. The minimum absolute atomic E-state index is 0.0280. The fraction of sp³-hybridized carbons (Fsp3) is 0.0667. The molecule has 46 heavy (non-hydrogen) atoms. The molecule has 1 nitrogen and oxygen atoms in total. The first-order valence-electron chi connectivity index (χ1n) is 15.8. The van der Waals surface area contributed by atoms with E-state index in [1.165, 1.54) is 55.6 Å². The number of benzene rings is 5. The molecular weight excluding hydrogens is 555 g/mol. The van der Waals surface area contributed by atoms with E-state index in [0.717, 1.165) is 11.3 Å². The van der Waals surface area contributed by atoms with Gasteiger partial charge in [0.2, 0.25) is 0 Å². The lowest BCUT2D eigenvalue weighted by molar-refractivity contribution is 0.660. The molecule has 1 N–H and O–H groups in total. The number of fused-ring (bicyclic) bond motifs is 3. The summed E-state index contributed by atoms with van der Waals surface area (Å²) in [5, 5.41) is 3.45. The van der Waals surface area contributed by atoms with E-state index in [2.05, 4.69) is 148 Å². The maximum Gasteiger partial charge on any atom is 0.0386 e. The molecule has 0 saturated heterocycles. The van der Waals surface area contributed by atoms with Crippen LogP contribution in [-0.4, -0.2) is 0 Å². The molecule has 1 aliphatic carbocycles. The third-order valence-corrected chi connectivity index (χ3v) is 8.71. The van der Waals surface area contributed by atoms with Gasteiger partial charge in [-0.3, -0.25) is 0 Å². The predicted molar refractivity (Wildman–Crippen MR) is 200 cm³/mol. The van der Waals surface area contributed by atoms with Crippen LogP contribution in [0.5, 0.6) is 0 Å². The molecular formula is C45H39N. The zero-order chi connectivity index (χ0) is 31.9. The summed E-state index contributed by atoms with van der Waals surface area (Å²) < 4.78 is 0. The number of hydrogen-bond donors (Lipinski definition) is 1. The molecule has 0 unspecified atom stereocenters. The van der Waals surface area contributed by atoms with Crippen LogP contribution in [0, 0.1) is 0 Å². The van der Waals surface area contributed by atoms with Crippen LogP contribution in [-0.2, 0) is 5.41 Å². The smallest absolute Gasteiger partial charge is 0.0386 e. The van der Waals surface area contributed by atoms with Crippen molar-refractivity contribution in [2.75, 3.05) is 5.32 Å². The van der Waals surface area contributed by atoms with Crippen molar-refractivity contribution in [3.05, 3.63) is 200 Å². The highest BCUT2D eigenvalue weighted by Gasteiger charge is 2.35. The van der Waals surface area contributed by atoms with Crippen LogP contribution < -0.4 is 5.32 Å². The number of rotatable bonds is 10. The van der Waals surface area contributed by atoms with E-state index < -0.39 is 0 Å². The minimum Gasteiger partial charge on any atom is -0.362 e. The maximum absolute atomic E-state index is 3.92. The summed E-state index contributed by atoms with van der Waals surface area (Å²) in [5.74, 6) is 0. The van der Waals surface area contributed by atoms with Crippen molar-refractivity contribution in [3.63, 3.8) is 0 Å². The number of anilines is 1. The first kappa shape index (κ1) is 30.4. The van der Waals surface area contributed by atoms with E-state index in [4.69, 9.17) is 0 Å². The van der Waals surface area contributed by atoms with Crippen LogP contribution in [0.1, 0.15) is 25.0 Å². The number of allylic oxidation sites excluding steroid dienone is 9. The van der Waals surface area contributed by atoms with Gasteiger partial charge in [-0.1, -0.05) is 161 Å². The molecule has 0 heterocycles. The van der Waals surface area contributed by atoms with E-state index in [0.29, 0.717) is 0 Å². The molecule has 6 rings (SSSR count). The van der Waals surface area contributed by atoms with E-state index in [1.54, 1.807) is 6.08 Å². The Balaban J connectivity index is 1.31. The summed E-state index contributed by atoms with van der Waals surface area (Å²) in [5.41, 5.74) is 14.7. The zero-order valence-corrected chi connectivity index (χ0v) is 26.6. The molecule has 0 aromatic heterocycles. The Labute approximate surface area is 274 Å². The lowest BCUT2D eigenvalue weighted by atomic mass is 9.81. The molecule has 0 bridgehead atoms. The van der Waals surface area contributed by atoms with Crippen LogP contribution in [0.3, 0.4) is 0 Å². The summed E-state index contributed by atoms with van der Waals surface area (Å²) >= 11 is 0. The monoisotopic (exact) mass is 593 g/mol. The van der Waals surface area contributed by atoms with Gasteiger partial charge in [-0.25, -0.2) is 0 Å². The van der Waals surface area contributed by atoms with Gasteiger partial charge in [-0.05, 0) is 91.5 Å². The Bertz CT molecular complexity index is 2010. The van der Waals surface area contributed by atoms with Crippen molar-refractivity contribution in [1.82, 2.24) is 0 Å². The summed E-state index contributed by atoms with van der Waals surface area (Å²) in [7, 11) is 0. The van der Waals surface area contributed by atoms with Crippen molar-refractivity contribution in [3.8, 4) is 44.5 Å². The van der Waals surface area contributed by atoms with E-state index >= 15 is 0 Å². The average Bonchev–Trinajstić information content (AvgIpc) is 3.33. The van der Waals surface area contributed by atoms with Crippen LogP contribution in [0.15, 0.2) is 189 Å². The Hall–Kier alpha value is -5.66. The average molecular weight is 594 g/mol. The minimum atomic E-state index is -0.0280. The Morgan fingerprint density at radius 2 is 1.28 bits per heavy atom. The molecule has 0 amide bonds. The Morgan fingerprint density at radius 3 is 2.11 bits per heavy atom. The van der Waals surface area contributed by atoms with E-state index in [1.807, 2.05) is 48.7 Å². The van der Waals surface area contributed by atoms with Gasteiger partial charge >= 0.3 is 0 Å². The number of nitrogens with one attached hydrogen (secondary N) is 1. The zero-order valence-electron chi connectivity index (χ0n) is 26.6. The van der Waals surface area contributed by atoms with Gasteiger partial charge in [-0.2, -0.15) is 0 Å². The van der Waals surface area contributed by atoms with Crippen LogP contribution in [0.25, 0.3) is 44.5 Å². The molecule has 5 aromatic carbocycles. The molecule has 0 spiro atoms. The summed E-state index contributed by atoms with van der Waals surface area (Å²) in [4.78, 5) is 0. The van der Waals surface area contributed by atoms with Crippen molar-refractivity contribution >= 4 is 5.69 Å². The molecule has 5 aromatic rings. The van der Waals surface area contributed by atoms with Crippen LogP contribution in [0.4, 0.5) is 5.69 Å². The molecule has 0 fully saturated rings. The first-order valence-corrected chi connectivity index (χ1v) is 15.8. The fourth-order valence-electron chi connectivity index (χ4n) is 6.30. The second kappa shape index (κ2) is 13.5. The van der Waals surface area contributed by atoms with Gasteiger partial charge in [0.25, 0.3) is 0 Å². The van der Waals surface area contributed by atoms with E-state index in [9.17, 15) is 0 Å². The summed E-state index contributed by atoms with van der Waals surface area (Å²) in [6.07, 6.45) is 17.4. The van der Waals surface area contributed by atoms with Gasteiger partial charge in [0.05, 0.1) is 0 Å². The van der Waals surface area contributed by atoms with Crippen molar-refractivity contribution < 1.29 is 0 Å². The van der Waals surface area contributed by atoms with Gasteiger partial charge in [-0.15, -0.1) is 0 Å². The van der Waals surface area contributed by atoms with Gasteiger partial charge in [0.1, 0.15) is 0 Å². The Kier molecular flexibility index (Phi) is 8.94. The second-order valence-corrected chi connectivity index (χ2v) is 12.0.